The summed E-state index contributed by atoms with van der Waals surface area (Å²) in [4.78, 5) is 26.0. The second kappa shape index (κ2) is 4.28. The van der Waals surface area contributed by atoms with Crippen LogP contribution >= 0.6 is 11.8 Å². The zero-order valence-electron chi connectivity index (χ0n) is 9.23. The normalized spacial score (nSPS) is 10.9. The summed E-state index contributed by atoms with van der Waals surface area (Å²) in [5, 5.41) is 15.8. The topological polar surface area (TPSA) is 113 Å². The number of aromatic amines is 1. The highest BCUT2D eigenvalue weighted by molar-refractivity contribution is 7.99. The maximum atomic E-state index is 11.2. The van der Waals surface area contributed by atoms with Crippen molar-refractivity contribution < 1.29 is 14.3 Å². The number of H-pyrrole nitrogens is 1. The first-order chi connectivity index (χ1) is 9.13. The second-order valence-electron chi connectivity index (χ2n) is 3.51. The van der Waals surface area contributed by atoms with E-state index in [1.165, 1.54) is 22.9 Å². The fourth-order valence-electron chi connectivity index (χ4n) is 1.44. The Kier molecular flexibility index (Phi) is 2.60. The van der Waals surface area contributed by atoms with E-state index < -0.39 is 5.97 Å². The molecule has 0 unspecified atom stereocenters. The van der Waals surface area contributed by atoms with E-state index in [9.17, 15) is 9.59 Å². The highest BCUT2D eigenvalue weighted by Gasteiger charge is 2.11. The highest BCUT2D eigenvalue weighted by Crippen LogP contribution is 2.27. The van der Waals surface area contributed by atoms with Crippen molar-refractivity contribution in [1.82, 2.24) is 19.6 Å². The Hall–Kier alpha value is -2.55. The van der Waals surface area contributed by atoms with Gasteiger partial charge in [0.2, 0.25) is 5.76 Å². The highest BCUT2D eigenvalue weighted by atomic mass is 32.2. The van der Waals surface area contributed by atoms with Gasteiger partial charge in [-0.1, -0.05) is 0 Å². The summed E-state index contributed by atoms with van der Waals surface area (Å²) < 4.78 is 6.35. The van der Waals surface area contributed by atoms with Gasteiger partial charge in [0.05, 0.1) is 0 Å². The number of furan rings is 1. The third-order valence-corrected chi connectivity index (χ3v) is 3.14. The van der Waals surface area contributed by atoms with Gasteiger partial charge in [-0.15, -0.1) is 0 Å². The molecule has 0 spiro atoms. The number of nitrogens with one attached hydrogen (secondary N) is 1. The molecule has 0 radical (unpaired) electrons. The van der Waals surface area contributed by atoms with E-state index in [2.05, 4.69) is 15.2 Å². The van der Waals surface area contributed by atoms with Gasteiger partial charge in [0.15, 0.2) is 10.7 Å². The van der Waals surface area contributed by atoms with E-state index >= 15 is 0 Å². The lowest BCUT2D eigenvalue weighted by molar-refractivity contribution is 0.0656. The van der Waals surface area contributed by atoms with E-state index in [1.807, 2.05) is 0 Å². The minimum atomic E-state index is -1.13. The predicted octanol–water partition coefficient (Wildman–Crippen LogP) is 0.860. The Morgan fingerprint density at radius 1 is 1.47 bits per heavy atom. The fraction of sp³-hybridized carbons (Fsp3) is 0. The van der Waals surface area contributed by atoms with Crippen LogP contribution in [0.3, 0.4) is 0 Å². The molecule has 0 atom stereocenters. The average Bonchev–Trinajstić information content (AvgIpc) is 2.97. The van der Waals surface area contributed by atoms with Crippen molar-refractivity contribution in [2.45, 2.75) is 10.1 Å². The van der Waals surface area contributed by atoms with Gasteiger partial charge < -0.3 is 9.52 Å². The number of nitrogens with zero attached hydrogens (tertiary/aromatic N) is 3. The van der Waals surface area contributed by atoms with E-state index in [0.717, 1.165) is 11.8 Å². The van der Waals surface area contributed by atoms with Crippen LogP contribution in [0.15, 0.2) is 43.9 Å². The Morgan fingerprint density at radius 3 is 3.05 bits per heavy atom. The van der Waals surface area contributed by atoms with Crippen molar-refractivity contribution in [3.63, 3.8) is 0 Å². The fourth-order valence-corrected chi connectivity index (χ4v) is 2.18. The van der Waals surface area contributed by atoms with Crippen LogP contribution in [0.5, 0.6) is 0 Å². The van der Waals surface area contributed by atoms with Crippen LogP contribution in [-0.4, -0.2) is 30.7 Å². The molecule has 0 bridgehead atoms. The summed E-state index contributed by atoms with van der Waals surface area (Å²) in [7, 11) is 0. The van der Waals surface area contributed by atoms with Gasteiger partial charge >= 0.3 is 11.7 Å². The molecule has 0 amide bonds. The number of rotatable bonds is 3. The molecule has 0 fully saturated rings. The number of hydrogen-bond donors (Lipinski definition) is 2. The quantitative estimate of drug-likeness (QED) is 0.683. The Labute approximate surface area is 109 Å². The van der Waals surface area contributed by atoms with Crippen molar-refractivity contribution in [3.05, 3.63) is 40.8 Å². The molecular formula is C10H6N4O4S. The first-order valence-corrected chi connectivity index (χ1v) is 5.89. The summed E-state index contributed by atoms with van der Waals surface area (Å²) in [6.07, 6.45) is 1.34. The van der Waals surface area contributed by atoms with Gasteiger partial charge in [-0.2, -0.15) is 5.10 Å². The summed E-state index contributed by atoms with van der Waals surface area (Å²) in [6, 6.07) is 4.49. The van der Waals surface area contributed by atoms with Crippen molar-refractivity contribution in [3.8, 4) is 0 Å². The van der Waals surface area contributed by atoms with E-state index in [0.29, 0.717) is 15.8 Å². The van der Waals surface area contributed by atoms with Gasteiger partial charge in [-0.25, -0.2) is 24.1 Å². The number of aromatic carboxylic acids is 1. The summed E-state index contributed by atoms with van der Waals surface area (Å²) in [5.74, 6) is -1.27. The van der Waals surface area contributed by atoms with Crippen molar-refractivity contribution in [1.29, 1.82) is 0 Å². The lowest BCUT2D eigenvalue weighted by atomic mass is 10.5. The number of carboxylic acids is 1. The molecule has 0 aromatic carbocycles. The standard InChI is InChI=1S/C10H6N4O4S/c15-9(16)5-1-2-8(18-5)19-7-3-6-12-13-10(17)14(6)4-11-7/h1-4H,(H,13,17)(H,15,16). The molecule has 3 aromatic rings. The first-order valence-electron chi connectivity index (χ1n) is 5.07. The number of carboxylic acid groups (broad SMARTS) is 1. The molecule has 9 heteroatoms. The summed E-state index contributed by atoms with van der Waals surface area (Å²) in [6.45, 7) is 0. The van der Waals surface area contributed by atoms with Crippen LogP contribution < -0.4 is 5.69 Å². The van der Waals surface area contributed by atoms with Gasteiger partial charge in [-0.05, 0) is 23.9 Å². The molecule has 2 N–H and O–H groups in total. The monoisotopic (exact) mass is 278 g/mol. The van der Waals surface area contributed by atoms with Gasteiger partial charge in [-0.3, -0.25) is 0 Å². The minimum Gasteiger partial charge on any atom is -0.475 e. The number of fused-ring (bicyclic) bond motifs is 1. The third kappa shape index (κ3) is 2.10. The third-order valence-electron chi connectivity index (χ3n) is 2.28. The molecule has 3 aromatic heterocycles. The van der Waals surface area contributed by atoms with Gasteiger partial charge in [0.1, 0.15) is 11.4 Å². The van der Waals surface area contributed by atoms with Crippen molar-refractivity contribution in [2.24, 2.45) is 0 Å². The Bertz CT molecular complexity index is 818. The SMILES string of the molecule is O=C(O)c1ccc(Sc2cc3n[nH]c(=O)n3cn2)o1. The van der Waals surface area contributed by atoms with Crippen LogP contribution in [0, 0.1) is 0 Å². The molecule has 0 aliphatic heterocycles. The molecule has 0 saturated heterocycles. The smallest absolute Gasteiger partial charge is 0.371 e. The van der Waals surface area contributed by atoms with Crippen LogP contribution in [0.25, 0.3) is 5.65 Å². The maximum Gasteiger partial charge on any atom is 0.371 e. The first kappa shape index (κ1) is 11.5. The minimum absolute atomic E-state index is 0.139. The Balaban J connectivity index is 1.91. The van der Waals surface area contributed by atoms with Gasteiger partial charge in [0, 0.05) is 6.07 Å². The lowest BCUT2D eigenvalue weighted by Gasteiger charge is -1.97. The predicted molar refractivity (Wildman–Crippen MR) is 63.4 cm³/mol. The molecule has 0 aliphatic rings. The summed E-state index contributed by atoms with van der Waals surface area (Å²) >= 11 is 1.14. The second-order valence-corrected chi connectivity index (χ2v) is 4.53. The zero-order chi connectivity index (χ0) is 13.4. The van der Waals surface area contributed by atoms with Crippen LogP contribution in [0.1, 0.15) is 10.6 Å². The Morgan fingerprint density at radius 2 is 2.32 bits per heavy atom. The number of aromatic nitrogens is 4. The summed E-state index contributed by atoms with van der Waals surface area (Å²) in [5.41, 5.74) is 0.0535. The average molecular weight is 278 g/mol. The van der Waals surface area contributed by atoms with Crippen LogP contribution in [0.2, 0.25) is 0 Å². The van der Waals surface area contributed by atoms with Crippen molar-refractivity contribution in [2.75, 3.05) is 0 Å². The van der Waals surface area contributed by atoms with E-state index in [4.69, 9.17) is 9.52 Å². The van der Waals surface area contributed by atoms with Crippen LogP contribution in [-0.2, 0) is 0 Å². The molecule has 3 rings (SSSR count). The van der Waals surface area contributed by atoms with Gasteiger partial charge in [0.25, 0.3) is 0 Å². The molecular weight excluding hydrogens is 272 g/mol. The zero-order valence-corrected chi connectivity index (χ0v) is 10.0. The van der Waals surface area contributed by atoms with Crippen molar-refractivity contribution >= 4 is 23.4 Å². The lowest BCUT2D eigenvalue weighted by Crippen LogP contribution is -2.09. The largest absolute Gasteiger partial charge is 0.475 e. The number of carbonyl (C=O) groups is 1. The molecule has 3 heterocycles. The maximum absolute atomic E-state index is 11.2. The van der Waals surface area contributed by atoms with Crippen LogP contribution in [0.4, 0.5) is 0 Å². The molecule has 8 nitrogen and oxygen atoms in total. The molecule has 0 aliphatic carbocycles. The van der Waals surface area contributed by atoms with E-state index in [1.54, 1.807) is 6.07 Å². The molecule has 19 heavy (non-hydrogen) atoms. The molecule has 0 saturated carbocycles. The number of hydrogen-bond acceptors (Lipinski definition) is 6. The van der Waals surface area contributed by atoms with E-state index in [-0.39, 0.29) is 11.4 Å². The molecule has 96 valence electrons.